The first-order chi connectivity index (χ1) is 5.07. The third kappa shape index (κ3) is 4.59. The van der Waals surface area contributed by atoms with Gasteiger partial charge in [-0.1, -0.05) is 20.1 Å². The molecule has 0 fully saturated rings. The first-order valence-electron chi connectivity index (χ1n) is 3.77. The summed E-state index contributed by atoms with van der Waals surface area (Å²) in [6.45, 7) is 11.2. The van der Waals surface area contributed by atoms with Gasteiger partial charge >= 0.3 is 0 Å². The Labute approximate surface area is 68.0 Å². The highest BCUT2D eigenvalue weighted by Crippen LogP contribution is 2.04. The lowest BCUT2D eigenvalue weighted by Gasteiger charge is -2.13. The first-order valence-corrected chi connectivity index (χ1v) is 3.77. The van der Waals surface area contributed by atoms with E-state index >= 15 is 0 Å². The minimum atomic E-state index is -0.778. The number of nitrogens with one attached hydrogen (secondary N) is 1. The van der Waals surface area contributed by atoms with Crippen LogP contribution in [0.2, 0.25) is 0 Å². The zero-order chi connectivity index (χ0) is 8.85. The fraction of sp³-hybridized carbons (Fsp3) is 0.556. The molecular weight excluding hydrogens is 141 g/mol. The van der Waals surface area contributed by atoms with Crippen LogP contribution < -0.4 is 5.32 Å². The summed E-state index contributed by atoms with van der Waals surface area (Å²) in [5, 5.41) is 2.96. The highest BCUT2D eigenvalue weighted by atomic mass is 19.1. The molecule has 0 bridgehead atoms. The normalized spacial score (nSPS) is 15.2. The van der Waals surface area contributed by atoms with E-state index in [0.29, 0.717) is 6.54 Å². The number of alkyl halides is 1. The number of hydrogen-bond donors (Lipinski definition) is 1. The van der Waals surface area contributed by atoms with E-state index in [0.717, 1.165) is 5.70 Å². The molecule has 0 aromatic heterocycles. The Hall–Kier alpha value is -0.790. The van der Waals surface area contributed by atoms with Gasteiger partial charge < -0.3 is 5.32 Å². The summed E-state index contributed by atoms with van der Waals surface area (Å²) in [6.07, 6.45) is 0.843. The third-order valence-electron chi connectivity index (χ3n) is 1.68. The largest absolute Gasteiger partial charge is 0.385 e. The van der Waals surface area contributed by atoms with Crippen molar-refractivity contribution < 1.29 is 4.39 Å². The Kier molecular flexibility index (Phi) is 4.59. The summed E-state index contributed by atoms with van der Waals surface area (Å²) in [7, 11) is 0. The first kappa shape index (κ1) is 10.2. The zero-order valence-corrected chi connectivity index (χ0v) is 7.23. The van der Waals surface area contributed by atoms with E-state index in [1.54, 1.807) is 13.0 Å². The van der Waals surface area contributed by atoms with Gasteiger partial charge in [-0.3, -0.25) is 0 Å². The van der Waals surface area contributed by atoms with Crippen molar-refractivity contribution in [3.8, 4) is 0 Å². The average molecular weight is 157 g/mol. The topological polar surface area (TPSA) is 12.0 Å². The van der Waals surface area contributed by atoms with Gasteiger partial charge in [-0.05, 0) is 13.0 Å². The minimum absolute atomic E-state index is 0.0201. The number of hydrogen-bond acceptors (Lipinski definition) is 1. The molecule has 0 amide bonds. The summed E-state index contributed by atoms with van der Waals surface area (Å²) in [4.78, 5) is 0. The molecule has 0 aliphatic carbocycles. The van der Waals surface area contributed by atoms with Crippen LogP contribution in [0.4, 0.5) is 4.39 Å². The molecule has 0 aliphatic rings. The van der Waals surface area contributed by atoms with Gasteiger partial charge in [0, 0.05) is 18.2 Å². The van der Waals surface area contributed by atoms with Crippen LogP contribution in [-0.2, 0) is 0 Å². The molecule has 2 atom stereocenters. The van der Waals surface area contributed by atoms with Crippen LogP contribution in [0.1, 0.15) is 13.8 Å². The molecule has 0 heterocycles. The molecule has 0 aromatic carbocycles. The van der Waals surface area contributed by atoms with Crippen molar-refractivity contribution in [3.63, 3.8) is 0 Å². The van der Waals surface area contributed by atoms with E-state index in [-0.39, 0.29) is 5.92 Å². The van der Waals surface area contributed by atoms with E-state index in [2.05, 4.69) is 18.5 Å². The molecule has 64 valence electrons. The molecule has 0 saturated carbocycles. The van der Waals surface area contributed by atoms with Gasteiger partial charge in [-0.15, -0.1) is 0 Å². The lowest BCUT2D eigenvalue weighted by molar-refractivity contribution is 0.262. The van der Waals surface area contributed by atoms with Gasteiger partial charge in [0.15, 0.2) is 0 Å². The van der Waals surface area contributed by atoms with E-state index in [4.69, 9.17) is 0 Å². The number of halogens is 1. The van der Waals surface area contributed by atoms with Gasteiger partial charge in [0.2, 0.25) is 0 Å². The molecule has 1 nitrogen and oxygen atoms in total. The Morgan fingerprint density at radius 1 is 1.64 bits per heavy atom. The average Bonchev–Trinajstić information content (AvgIpc) is 1.99. The molecule has 1 N–H and O–H groups in total. The van der Waals surface area contributed by atoms with Crippen LogP contribution in [0, 0.1) is 5.92 Å². The quantitative estimate of drug-likeness (QED) is 0.604. The molecule has 0 aliphatic heterocycles. The minimum Gasteiger partial charge on any atom is -0.385 e. The molecule has 1 unspecified atom stereocenters. The maximum Gasteiger partial charge on any atom is 0.102 e. The van der Waals surface area contributed by atoms with Crippen molar-refractivity contribution in [2.45, 2.75) is 20.0 Å². The molecular formula is C9H16FN. The molecule has 0 saturated heterocycles. The maximum atomic E-state index is 12.6. The lowest BCUT2D eigenvalue weighted by Crippen LogP contribution is -2.24. The second kappa shape index (κ2) is 4.94. The summed E-state index contributed by atoms with van der Waals surface area (Å²) < 4.78 is 12.6. The second-order valence-corrected chi connectivity index (χ2v) is 2.77. The molecule has 2 heteroatoms. The van der Waals surface area contributed by atoms with Crippen molar-refractivity contribution in [3.05, 3.63) is 24.9 Å². The highest BCUT2D eigenvalue weighted by Gasteiger charge is 2.09. The summed E-state index contributed by atoms with van der Waals surface area (Å²) in [5.41, 5.74) is 0.748. The SMILES string of the molecule is C=CC(=C)NCC(C)[C@H](C)F. The van der Waals surface area contributed by atoms with Crippen LogP contribution in [0.3, 0.4) is 0 Å². The van der Waals surface area contributed by atoms with Crippen LogP contribution >= 0.6 is 0 Å². The van der Waals surface area contributed by atoms with Gasteiger partial charge in [-0.25, -0.2) is 4.39 Å². The summed E-state index contributed by atoms with van der Waals surface area (Å²) in [6, 6.07) is 0. The van der Waals surface area contributed by atoms with Gasteiger partial charge in [0.25, 0.3) is 0 Å². The lowest BCUT2D eigenvalue weighted by atomic mass is 10.1. The van der Waals surface area contributed by atoms with E-state index in [1.807, 2.05) is 6.92 Å². The summed E-state index contributed by atoms with van der Waals surface area (Å²) in [5.74, 6) is 0.0201. The standard InChI is InChI=1S/C9H16FN/c1-5-8(3)11-6-7(2)9(4)10/h5,7,9,11H,1,3,6H2,2,4H3/t7?,9-/m0/s1. The van der Waals surface area contributed by atoms with Crippen LogP contribution in [-0.4, -0.2) is 12.7 Å². The molecule has 0 radical (unpaired) electrons. The fourth-order valence-electron chi connectivity index (χ4n) is 0.527. The van der Waals surface area contributed by atoms with Crippen molar-refractivity contribution >= 4 is 0 Å². The Morgan fingerprint density at radius 3 is 2.55 bits per heavy atom. The van der Waals surface area contributed by atoms with Crippen molar-refractivity contribution in [1.82, 2.24) is 5.32 Å². The van der Waals surface area contributed by atoms with Crippen molar-refractivity contribution in [1.29, 1.82) is 0 Å². The molecule has 0 spiro atoms. The van der Waals surface area contributed by atoms with Crippen molar-refractivity contribution in [2.24, 2.45) is 5.92 Å². The van der Waals surface area contributed by atoms with Gasteiger partial charge in [0.05, 0.1) is 0 Å². The van der Waals surface area contributed by atoms with Crippen molar-refractivity contribution in [2.75, 3.05) is 6.54 Å². The number of rotatable bonds is 5. The van der Waals surface area contributed by atoms with Gasteiger partial charge in [-0.2, -0.15) is 0 Å². The second-order valence-electron chi connectivity index (χ2n) is 2.77. The molecule has 11 heavy (non-hydrogen) atoms. The van der Waals surface area contributed by atoms with E-state index in [1.165, 1.54) is 0 Å². The van der Waals surface area contributed by atoms with Crippen LogP contribution in [0.25, 0.3) is 0 Å². The predicted molar refractivity (Wildman–Crippen MR) is 47.1 cm³/mol. The number of allylic oxidation sites excluding steroid dienone is 1. The Morgan fingerprint density at radius 2 is 2.18 bits per heavy atom. The zero-order valence-electron chi connectivity index (χ0n) is 7.23. The van der Waals surface area contributed by atoms with E-state index < -0.39 is 6.17 Å². The maximum absolute atomic E-state index is 12.6. The van der Waals surface area contributed by atoms with E-state index in [9.17, 15) is 4.39 Å². The van der Waals surface area contributed by atoms with Gasteiger partial charge in [0.1, 0.15) is 6.17 Å². The smallest absolute Gasteiger partial charge is 0.102 e. The van der Waals surface area contributed by atoms with Crippen LogP contribution in [0.15, 0.2) is 24.9 Å². The molecule has 0 rings (SSSR count). The third-order valence-corrected chi connectivity index (χ3v) is 1.68. The van der Waals surface area contributed by atoms with Crippen LogP contribution in [0.5, 0.6) is 0 Å². The predicted octanol–water partition coefficient (Wildman–Crippen LogP) is 2.27. The highest BCUT2D eigenvalue weighted by molar-refractivity contribution is 5.08. The monoisotopic (exact) mass is 157 g/mol. The Bertz CT molecular complexity index is 140. The summed E-state index contributed by atoms with van der Waals surface area (Å²) >= 11 is 0. The molecule has 0 aromatic rings. The Balaban J connectivity index is 3.53. The fourth-order valence-corrected chi connectivity index (χ4v) is 0.527.